The van der Waals surface area contributed by atoms with Crippen LogP contribution in [0.3, 0.4) is 0 Å². The first kappa shape index (κ1) is 15.5. The summed E-state index contributed by atoms with van der Waals surface area (Å²) in [6.07, 6.45) is 6.07. The summed E-state index contributed by atoms with van der Waals surface area (Å²) in [5, 5.41) is 3.40. The Bertz CT molecular complexity index is 492. The zero-order chi connectivity index (χ0) is 14.4. The van der Waals surface area contributed by atoms with Crippen LogP contribution in [0.5, 0.6) is 0 Å². The molecule has 1 fully saturated rings. The number of hydrogen-bond donors (Lipinski definition) is 1. The number of rotatable bonds is 6. The molecule has 1 aromatic carbocycles. The SMILES string of the molecule is CCNC(CS(=O)(=O)c1ccccc1)C1CCCCC1. The smallest absolute Gasteiger partial charge is 0.179 e. The van der Waals surface area contributed by atoms with Crippen LogP contribution in [0.4, 0.5) is 0 Å². The molecule has 112 valence electrons. The molecule has 0 aromatic heterocycles. The molecule has 1 aliphatic rings. The van der Waals surface area contributed by atoms with E-state index in [2.05, 4.69) is 5.32 Å². The van der Waals surface area contributed by atoms with E-state index < -0.39 is 9.84 Å². The van der Waals surface area contributed by atoms with Gasteiger partial charge in [-0.15, -0.1) is 0 Å². The Kier molecular flexibility index (Phi) is 5.61. The lowest BCUT2D eigenvalue weighted by Crippen LogP contribution is -2.42. The number of hydrogen-bond acceptors (Lipinski definition) is 3. The normalized spacial score (nSPS) is 18.9. The molecule has 0 saturated heterocycles. The summed E-state index contributed by atoms with van der Waals surface area (Å²) >= 11 is 0. The maximum atomic E-state index is 12.5. The average Bonchev–Trinajstić information content (AvgIpc) is 2.48. The van der Waals surface area contributed by atoms with Gasteiger partial charge in [-0.3, -0.25) is 0 Å². The number of nitrogens with one attached hydrogen (secondary N) is 1. The van der Waals surface area contributed by atoms with Crippen molar-refractivity contribution < 1.29 is 8.42 Å². The van der Waals surface area contributed by atoms with Crippen LogP contribution in [0.25, 0.3) is 0 Å². The van der Waals surface area contributed by atoms with Gasteiger partial charge < -0.3 is 5.32 Å². The predicted octanol–water partition coefficient (Wildman–Crippen LogP) is 3.02. The highest BCUT2D eigenvalue weighted by Gasteiger charge is 2.28. The van der Waals surface area contributed by atoms with E-state index in [1.54, 1.807) is 24.3 Å². The highest BCUT2D eigenvalue weighted by Crippen LogP contribution is 2.28. The van der Waals surface area contributed by atoms with Crippen LogP contribution in [-0.2, 0) is 9.84 Å². The third-order valence-electron chi connectivity index (χ3n) is 4.19. The molecular formula is C16H25NO2S. The van der Waals surface area contributed by atoms with E-state index >= 15 is 0 Å². The van der Waals surface area contributed by atoms with Gasteiger partial charge in [0, 0.05) is 6.04 Å². The van der Waals surface area contributed by atoms with Crippen molar-refractivity contribution in [2.75, 3.05) is 12.3 Å². The van der Waals surface area contributed by atoms with Crippen LogP contribution in [-0.4, -0.2) is 26.8 Å². The minimum absolute atomic E-state index is 0.0884. The molecule has 1 unspecified atom stereocenters. The molecule has 0 radical (unpaired) electrons. The molecule has 0 aliphatic heterocycles. The molecule has 0 spiro atoms. The van der Waals surface area contributed by atoms with Gasteiger partial charge in [-0.05, 0) is 37.4 Å². The second-order valence-corrected chi connectivity index (χ2v) is 7.69. The Morgan fingerprint density at radius 1 is 1.15 bits per heavy atom. The second kappa shape index (κ2) is 7.23. The van der Waals surface area contributed by atoms with E-state index in [9.17, 15) is 8.42 Å². The quantitative estimate of drug-likeness (QED) is 0.877. The summed E-state index contributed by atoms with van der Waals surface area (Å²) in [6, 6.07) is 8.90. The van der Waals surface area contributed by atoms with Crippen molar-refractivity contribution in [3.05, 3.63) is 30.3 Å². The van der Waals surface area contributed by atoms with Crippen LogP contribution in [0, 0.1) is 5.92 Å². The van der Waals surface area contributed by atoms with Gasteiger partial charge in [-0.2, -0.15) is 0 Å². The predicted molar refractivity (Wildman–Crippen MR) is 82.5 cm³/mol. The van der Waals surface area contributed by atoms with Crippen molar-refractivity contribution in [3.63, 3.8) is 0 Å². The third-order valence-corrected chi connectivity index (χ3v) is 5.97. The number of benzene rings is 1. The Balaban J connectivity index is 2.10. The van der Waals surface area contributed by atoms with Crippen molar-refractivity contribution in [2.24, 2.45) is 5.92 Å². The molecule has 0 heterocycles. The molecule has 1 N–H and O–H groups in total. The fraction of sp³-hybridized carbons (Fsp3) is 0.625. The first-order valence-electron chi connectivity index (χ1n) is 7.64. The fourth-order valence-corrected chi connectivity index (χ4v) is 4.75. The van der Waals surface area contributed by atoms with Crippen LogP contribution in [0.2, 0.25) is 0 Å². The summed E-state index contributed by atoms with van der Waals surface area (Å²) in [6.45, 7) is 2.87. The standard InChI is InChI=1S/C16H25NO2S/c1-2-17-16(14-9-5-3-6-10-14)13-20(18,19)15-11-7-4-8-12-15/h4,7-8,11-12,14,16-17H,2-3,5-6,9-10,13H2,1H3. The molecule has 1 aromatic rings. The summed E-state index contributed by atoms with van der Waals surface area (Å²) in [5.74, 6) is 0.720. The van der Waals surface area contributed by atoms with Gasteiger partial charge in [0.25, 0.3) is 0 Å². The van der Waals surface area contributed by atoms with Gasteiger partial charge in [0.2, 0.25) is 0 Å². The summed E-state index contributed by atoms with van der Waals surface area (Å²) in [4.78, 5) is 0.443. The van der Waals surface area contributed by atoms with Gasteiger partial charge in [0.1, 0.15) is 0 Å². The first-order chi connectivity index (χ1) is 9.63. The molecule has 0 amide bonds. The van der Waals surface area contributed by atoms with Gasteiger partial charge >= 0.3 is 0 Å². The highest BCUT2D eigenvalue weighted by atomic mass is 32.2. The summed E-state index contributed by atoms with van der Waals surface area (Å²) < 4.78 is 25.0. The van der Waals surface area contributed by atoms with E-state index in [1.807, 2.05) is 13.0 Å². The largest absolute Gasteiger partial charge is 0.313 e. The molecule has 0 bridgehead atoms. The number of sulfone groups is 1. The monoisotopic (exact) mass is 295 g/mol. The molecule has 2 rings (SSSR count). The highest BCUT2D eigenvalue weighted by molar-refractivity contribution is 7.91. The average molecular weight is 295 g/mol. The van der Waals surface area contributed by atoms with E-state index in [4.69, 9.17) is 0 Å². The summed E-state index contributed by atoms with van der Waals surface area (Å²) in [7, 11) is -3.19. The topological polar surface area (TPSA) is 46.2 Å². The van der Waals surface area contributed by atoms with Gasteiger partial charge in [-0.25, -0.2) is 8.42 Å². The second-order valence-electron chi connectivity index (χ2n) is 5.66. The van der Waals surface area contributed by atoms with Crippen molar-refractivity contribution >= 4 is 9.84 Å². The minimum Gasteiger partial charge on any atom is -0.313 e. The van der Waals surface area contributed by atoms with E-state index in [0.717, 1.165) is 19.4 Å². The minimum atomic E-state index is -3.19. The molecule has 1 aliphatic carbocycles. The van der Waals surface area contributed by atoms with Gasteiger partial charge in [0.15, 0.2) is 9.84 Å². The third kappa shape index (κ3) is 4.06. The van der Waals surface area contributed by atoms with Crippen molar-refractivity contribution in [3.8, 4) is 0 Å². The van der Waals surface area contributed by atoms with E-state index in [1.165, 1.54) is 19.3 Å². The van der Waals surface area contributed by atoms with Crippen molar-refractivity contribution in [1.82, 2.24) is 5.32 Å². The van der Waals surface area contributed by atoms with Crippen LogP contribution in [0.15, 0.2) is 35.2 Å². The van der Waals surface area contributed by atoms with Crippen LogP contribution >= 0.6 is 0 Å². The lowest BCUT2D eigenvalue weighted by atomic mass is 9.84. The lowest BCUT2D eigenvalue weighted by Gasteiger charge is -2.30. The maximum absolute atomic E-state index is 12.5. The molecule has 3 nitrogen and oxygen atoms in total. The van der Waals surface area contributed by atoms with Crippen molar-refractivity contribution in [2.45, 2.75) is 50.0 Å². The zero-order valence-corrected chi connectivity index (χ0v) is 13.0. The Morgan fingerprint density at radius 3 is 2.40 bits per heavy atom. The summed E-state index contributed by atoms with van der Waals surface area (Å²) in [5.41, 5.74) is 0. The van der Waals surface area contributed by atoms with E-state index in [0.29, 0.717) is 10.8 Å². The lowest BCUT2D eigenvalue weighted by molar-refractivity contribution is 0.285. The van der Waals surface area contributed by atoms with Crippen molar-refractivity contribution in [1.29, 1.82) is 0 Å². The van der Waals surface area contributed by atoms with Crippen LogP contribution in [0.1, 0.15) is 39.0 Å². The molecule has 1 atom stereocenters. The zero-order valence-electron chi connectivity index (χ0n) is 12.2. The Morgan fingerprint density at radius 2 is 1.80 bits per heavy atom. The first-order valence-corrected chi connectivity index (χ1v) is 9.30. The molecule has 1 saturated carbocycles. The van der Waals surface area contributed by atoms with Crippen LogP contribution < -0.4 is 5.32 Å². The Labute approximate surface area is 122 Å². The Hall–Kier alpha value is -0.870. The molecule has 20 heavy (non-hydrogen) atoms. The molecular weight excluding hydrogens is 270 g/mol. The van der Waals surface area contributed by atoms with Gasteiger partial charge in [0.05, 0.1) is 10.6 Å². The molecule has 4 heteroatoms. The van der Waals surface area contributed by atoms with Gasteiger partial charge in [-0.1, -0.05) is 44.4 Å². The fourth-order valence-electron chi connectivity index (χ4n) is 3.12. The maximum Gasteiger partial charge on any atom is 0.179 e. The van der Waals surface area contributed by atoms with E-state index in [-0.39, 0.29) is 11.8 Å².